The lowest BCUT2D eigenvalue weighted by Crippen LogP contribution is -2.17. The van der Waals surface area contributed by atoms with Crippen LogP contribution in [-0.2, 0) is 9.53 Å². The van der Waals surface area contributed by atoms with E-state index in [1.807, 2.05) is 13.8 Å². The van der Waals surface area contributed by atoms with Gasteiger partial charge in [-0.1, -0.05) is 45.2 Å². The highest BCUT2D eigenvalue weighted by Crippen LogP contribution is 2.10. The van der Waals surface area contributed by atoms with Crippen molar-refractivity contribution in [2.75, 3.05) is 6.61 Å². The first-order chi connectivity index (χ1) is 7.19. The average Bonchev–Trinajstić information content (AvgIpc) is 2.25. The molecule has 2 heteroatoms. The number of hydrogen-bond donors (Lipinski definition) is 0. The van der Waals surface area contributed by atoms with Crippen LogP contribution in [0.1, 0.15) is 26.7 Å². The van der Waals surface area contributed by atoms with Crippen LogP contribution in [0.3, 0.4) is 0 Å². The predicted molar refractivity (Wildman–Crippen MR) is 63.5 cm³/mol. The van der Waals surface area contributed by atoms with Crippen molar-refractivity contribution >= 4 is 5.97 Å². The minimum absolute atomic E-state index is 0.0137. The number of esters is 1. The Bertz CT molecular complexity index is 247. The zero-order valence-corrected chi connectivity index (χ0v) is 9.66. The minimum Gasteiger partial charge on any atom is -0.461 e. The molecule has 0 atom stereocenters. The molecule has 0 aliphatic heterocycles. The number of hydrogen-bond acceptors (Lipinski definition) is 2. The van der Waals surface area contributed by atoms with Crippen molar-refractivity contribution < 1.29 is 9.53 Å². The Morgan fingerprint density at radius 3 is 2.33 bits per heavy atom. The summed E-state index contributed by atoms with van der Waals surface area (Å²) in [7, 11) is 0. The molecule has 0 aromatic heterocycles. The van der Waals surface area contributed by atoms with E-state index in [4.69, 9.17) is 4.74 Å². The fourth-order valence-corrected chi connectivity index (χ4v) is 1.22. The first-order valence-corrected chi connectivity index (χ1v) is 5.30. The zero-order valence-electron chi connectivity index (χ0n) is 9.66. The molecular weight excluding hydrogens is 188 g/mol. The molecule has 0 aromatic carbocycles. The van der Waals surface area contributed by atoms with Crippen LogP contribution in [0.4, 0.5) is 0 Å². The molecule has 0 unspecified atom stereocenters. The summed E-state index contributed by atoms with van der Waals surface area (Å²) >= 11 is 0. The first kappa shape index (κ1) is 13.7. The van der Waals surface area contributed by atoms with Gasteiger partial charge in [-0.15, -0.1) is 0 Å². The maximum absolute atomic E-state index is 11.5. The third-order valence-electron chi connectivity index (χ3n) is 2.29. The smallest absolute Gasteiger partial charge is 0.309 e. The van der Waals surface area contributed by atoms with Crippen LogP contribution in [0.5, 0.6) is 0 Å². The maximum Gasteiger partial charge on any atom is 0.309 e. The SMILES string of the molecule is C=C/C=C(\C=C)COC(=O)C(CC)CC. The molecule has 0 spiro atoms. The normalized spacial score (nSPS) is 11.3. The van der Waals surface area contributed by atoms with Gasteiger partial charge in [-0.3, -0.25) is 4.79 Å². The molecule has 0 aliphatic rings. The molecule has 0 heterocycles. The summed E-state index contributed by atoms with van der Waals surface area (Å²) in [6.07, 6.45) is 6.75. The second-order valence-electron chi connectivity index (χ2n) is 3.30. The van der Waals surface area contributed by atoms with Crippen molar-refractivity contribution in [1.82, 2.24) is 0 Å². The second-order valence-corrected chi connectivity index (χ2v) is 3.30. The van der Waals surface area contributed by atoms with Gasteiger partial charge < -0.3 is 4.74 Å². The molecule has 0 aromatic rings. The van der Waals surface area contributed by atoms with Crippen LogP contribution in [0.25, 0.3) is 0 Å². The summed E-state index contributed by atoms with van der Waals surface area (Å²) < 4.78 is 5.17. The van der Waals surface area contributed by atoms with Gasteiger partial charge in [0.15, 0.2) is 0 Å². The molecule has 0 N–H and O–H groups in total. The van der Waals surface area contributed by atoms with Crippen LogP contribution >= 0.6 is 0 Å². The van der Waals surface area contributed by atoms with E-state index in [1.54, 1.807) is 18.2 Å². The molecule has 0 bridgehead atoms. The van der Waals surface area contributed by atoms with Crippen LogP contribution in [-0.4, -0.2) is 12.6 Å². The highest BCUT2D eigenvalue weighted by atomic mass is 16.5. The van der Waals surface area contributed by atoms with E-state index in [1.165, 1.54) is 0 Å². The lowest BCUT2D eigenvalue weighted by atomic mass is 10.0. The molecule has 2 nitrogen and oxygen atoms in total. The number of ether oxygens (including phenoxy) is 1. The molecule has 0 rings (SSSR count). The van der Waals surface area contributed by atoms with Gasteiger partial charge in [0.25, 0.3) is 0 Å². The molecule has 0 radical (unpaired) electrons. The topological polar surface area (TPSA) is 26.3 Å². The Hall–Kier alpha value is -1.31. The van der Waals surface area contributed by atoms with E-state index in [0.29, 0.717) is 0 Å². The minimum atomic E-state index is -0.128. The fourth-order valence-electron chi connectivity index (χ4n) is 1.22. The molecule has 84 valence electrons. The van der Waals surface area contributed by atoms with Crippen molar-refractivity contribution in [3.63, 3.8) is 0 Å². The number of carbonyl (C=O) groups is 1. The zero-order chi connectivity index (χ0) is 11.7. The third-order valence-corrected chi connectivity index (χ3v) is 2.29. The Morgan fingerprint density at radius 1 is 1.33 bits per heavy atom. The molecule has 15 heavy (non-hydrogen) atoms. The van der Waals surface area contributed by atoms with E-state index >= 15 is 0 Å². The number of rotatable bonds is 7. The monoisotopic (exact) mass is 208 g/mol. The molecule has 0 fully saturated rings. The molecular formula is C13H20O2. The Labute approximate surface area is 92.3 Å². The van der Waals surface area contributed by atoms with Gasteiger partial charge in [0.05, 0.1) is 5.92 Å². The van der Waals surface area contributed by atoms with Gasteiger partial charge in [-0.2, -0.15) is 0 Å². The van der Waals surface area contributed by atoms with Crippen molar-refractivity contribution in [3.05, 3.63) is 37.0 Å². The van der Waals surface area contributed by atoms with Crippen molar-refractivity contribution in [1.29, 1.82) is 0 Å². The van der Waals surface area contributed by atoms with E-state index in [0.717, 1.165) is 18.4 Å². The molecule has 0 saturated heterocycles. The summed E-state index contributed by atoms with van der Waals surface area (Å²) in [6, 6.07) is 0. The van der Waals surface area contributed by atoms with Crippen LogP contribution in [0, 0.1) is 5.92 Å². The van der Waals surface area contributed by atoms with E-state index in [9.17, 15) is 4.79 Å². The Kier molecular flexibility index (Phi) is 7.33. The largest absolute Gasteiger partial charge is 0.461 e. The van der Waals surface area contributed by atoms with Gasteiger partial charge in [-0.25, -0.2) is 0 Å². The van der Waals surface area contributed by atoms with Crippen LogP contribution in [0.2, 0.25) is 0 Å². The fraction of sp³-hybridized carbons (Fsp3) is 0.462. The lowest BCUT2D eigenvalue weighted by Gasteiger charge is -2.11. The average molecular weight is 208 g/mol. The summed E-state index contributed by atoms with van der Waals surface area (Å²) in [5.74, 6) is -0.114. The summed E-state index contributed by atoms with van der Waals surface area (Å²) in [4.78, 5) is 11.5. The van der Waals surface area contributed by atoms with Gasteiger partial charge in [0.2, 0.25) is 0 Å². The lowest BCUT2D eigenvalue weighted by molar-refractivity contribution is -0.147. The first-order valence-electron chi connectivity index (χ1n) is 5.30. The van der Waals surface area contributed by atoms with Gasteiger partial charge in [0.1, 0.15) is 6.61 Å². The van der Waals surface area contributed by atoms with E-state index in [-0.39, 0.29) is 18.5 Å². The van der Waals surface area contributed by atoms with Crippen LogP contribution < -0.4 is 0 Å². The summed E-state index contributed by atoms with van der Waals surface area (Å²) in [6.45, 7) is 11.5. The van der Waals surface area contributed by atoms with Gasteiger partial charge in [0, 0.05) is 0 Å². The number of allylic oxidation sites excluding steroid dienone is 2. The predicted octanol–water partition coefficient (Wildman–Crippen LogP) is 3.26. The number of carbonyl (C=O) groups excluding carboxylic acids is 1. The second kappa shape index (κ2) is 8.04. The highest BCUT2D eigenvalue weighted by Gasteiger charge is 2.15. The maximum atomic E-state index is 11.5. The Morgan fingerprint density at radius 2 is 1.93 bits per heavy atom. The van der Waals surface area contributed by atoms with Gasteiger partial charge in [-0.05, 0) is 18.4 Å². The van der Waals surface area contributed by atoms with E-state index < -0.39 is 0 Å². The summed E-state index contributed by atoms with van der Waals surface area (Å²) in [5, 5.41) is 0. The molecule has 0 saturated carbocycles. The summed E-state index contributed by atoms with van der Waals surface area (Å²) in [5.41, 5.74) is 0.865. The quantitative estimate of drug-likeness (QED) is 0.474. The van der Waals surface area contributed by atoms with Crippen LogP contribution in [0.15, 0.2) is 37.0 Å². The van der Waals surface area contributed by atoms with Gasteiger partial charge >= 0.3 is 5.97 Å². The standard InChI is InChI=1S/C13H20O2/c1-5-9-11(6-2)10-15-13(14)12(7-3)8-4/h5-6,9,12H,1-2,7-8,10H2,3-4H3/b11-9+. The highest BCUT2D eigenvalue weighted by molar-refractivity contribution is 5.72. The van der Waals surface area contributed by atoms with Crippen molar-refractivity contribution in [2.24, 2.45) is 5.92 Å². The molecule has 0 aliphatic carbocycles. The molecule has 0 amide bonds. The third kappa shape index (κ3) is 5.21. The van der Waals surface area contributed by atoms with Crippen molar-refractivity contribution in [2.45, 2.75) is 26.7 Å². The van der Waals surface area contributed by atoms with Crippen molar-refractivity contribution in [3.8, 4) is 0 Å². The Balaban J connectivity index is 4.13. The van der Waals surface area contributed by atoms with E-state index in [2.05, 4.69) is 13.2 Å².